The van der Waals surface area contributed by atoms with Gasteiger partial charge < -0.3 is 19.4 Å². The predicted octanol–water partition coefficient (Wildman–Crippen LogP) is 3.54. The van der Waals surface area contributed by atoms with Gasteiger partial charge in [-0.3, -0.25) is 14.9 Å². The van der Waals surface area contributed by atoms with E-state index in [-0.39, 0.29) is 11.4 Å². The molecule has 1 aromatic carbocycles. The highest BCUT2D eigenvalue weighted by molar-refractivity contribution is 5.99. The average molecular weight is 401 g/mol. The molecule has 0 spiro atoms. The van der Waals surface area contributed by atoms with Crippen molar-refractivity contribution in [3.8, 4) is 5.75 Å². The highest BCUT2D eigenvalue weighted by atomic mass is 16.6. The van der Waals surface area contributed by atoms with Crippen LogP contribution in [-0.4, -0.2) is 34.6 Å². The molecule has 1 aliphatic carbocycles. The molecule has 154 valence electrons. The van der Waals surface area contributed by atoms with E-state index >= 15 is 0 Å². The van der Waals surface area contributed by atoms with Gasteiger partial charge in [0.15, 0.2) is 6.10 Å². The normalized spacial score (nSPS) is 14.2. The number of aryl methyl sites for hydroxylation is 1. The minimum Gasteiger partial charge on any atom is -0.496 e. The molecule has 29 heavy (non-hydrogen) atoms. The van der Waals surface area contributed by atoms with Crippen molar-refractivity contribution >= 4 is 23.3 Å². The van der Waals surface area contributed by atoms with Gasteiger partial charge in [0.2, 0.25) is 0 Å². The summed E-state index contributed by atoms with van der Waals surface area (Å²) in [5, 5.41) is 13.7. The molecule has 1 fully saturated rings. The second-order valence-electron chi connectivity index (χ2n) is 7.06. The molecule has 1 N–H and O–H groups in total. The van der Waals surface area contributed by atoms with Gasteiger partial charge in [-0.05, 0) is 51.8 Å². The van der Waals surface area contributed by atoms with Crippen LogP contribution in [0.2, 0.25) is 0 Å². The lowest BCUT2D eigenvalue weighted by Crippen LogP contribution is -2.30. The van der Waals surface area contributed by atoms with Crippen molar-refractivity contribution in [2.45, 2.75) is 45.8 Å². The van der Waals surface area contributed by atoms with Crippen LogP contribution in [0.4, 0.5) is 11.4 Å². The molecule has 9 nitrogen and oxygen atoms in total. The smallest absolute Gasteiger partial charge is 0.340 e. The second kappa shape index (κ2) is 7.94. The number of benzene rings is 1. The Kier molecular flexibility index (Phi) is 5.58. The van der Waals surface area contributed by atoms with Crippen LogP contribution in [0, 0.1) is 24.0 Å². The van der Waals surface area contributed by atoms with Crippen LogP contribution in [0.15, 0.2) is 24.3 Å². The van der Waals surface area contributed by atoms with Crippen LogP contribution >= 0.6 is 0 Å². The zero-order valence-electron chi connectivity index (χ0n) is 16.7. The van der Waals surface area contributed by atoms with E-state index in [4.69, 9.17) is 9.47 Å². The average Bonchev–Trinajstić information content (AvgIpc) is 3.46. The van der Waals surface area contributed by atoms with Gasteiger partial charge in [-0.25, -0.2) is 4.79 Å². The summed E-state index contributed by atoms with van der Waals surface area (Å²) < 4.78 is 12.4. The monoisotopic (exact) mass is 401 g/mol. The lowest BCUT2D eigenvalue weighted by atomic mass is 10.2. The van der Waals surface area contributed by atoms with E-state index < -0.39 is 22.9 Å². The fraction of sp³-hybridized carbons (Fsp3) is 0.400. The summed E-state index contributed by atoms with van der Waals surface area (Å²) >= 11 is 0. The molecule has 1 saturated carbocycles. The summed E-state index contributed by atoms with van der Waals surface area (Å²) in [4.78, 5) is 35.6. The molecular weight excluding hydrogens is 378 g/mol. The molecule has 1 heterocycles. The van der Waals surface area contributed by atoms with Gasteiger partial charge >= 0.3 is 5.97 Å². The Morgan fingerprint density at radius 1 is 1.28 bits per heavy atom. The summed E-state index contributed by atoms with van der Waals surface area (Å²) in [5.41, 5.74) is 1.89. The number of carbonyl (C=O) groups is 2. The highest BCUT2D eigenvalue weighted by Crippen LogP contribution is 2.38. The fourth-order valence-electron chi connectivity index (χ4n) is 3.29. The van der Waals surface area contributed by atoms with Crippen LogP contribution in [0.25, 0.3) is 0 Å². The standard InChI is InChI=1S/C20H23N3O6/c1-11-9-16(12(2)22(11)14-5-6-14)20(25)29-13(3)19(24)21-17-8-7-15(28-4)10-18(17)23(26)27/h7-10,13-14H,5-6H2,1-4H3,(H,21,24)/t13-/m0/s1. The molecular formula is C20H23N3O6. The van der Waals surface area contributed by atoms with Crippen LogP contribution in [0.1, 0.15) is 47.6 Å². The number of esters is 1. The summed E-state index contributed by atoms with van der Waals surface area (Å²) in [5.74, 6) is -0.973. The van der Waals surface area contributed by atoms with E-state index in [2.05, 4.69) is 9.88 Å². The maximum Gasteiger partial charge on any atom is 0.340 e. The minimum atomic E-state index is -1.13. The van der Waals surface area contributed by atoms with Gasteiger partial charge in [-0.2, -0.15) is 0 Å². The molecule has 0 saturated heterocycles. The van der Waals surface area contributed by atoms with E-state index in [1.165, 1.54) is 32.2 Å². The van der Waals surface area contributed by atoms with Crippen molar-refractivity contribution in [2.75, 3.05) is 12.4 Å². The molecule has 1 aromatic heterocycles. The maximum atomic E-state index is 12.6. The quantitative estimate of drug-likeness (QED) is 0.431. The molecule has 1 amide bonds. The number of hydrogen-bond acceptors (Lipinski definition) is 6. The Labute approximate surface area is 167 Å². The number of nitrogens with zero attached hydrogens (tertiary/aromatic N) is 2. The largest absolute Gasteiger partial charge is 0.496 e. The van der Waals surface area contributed by atoms with E-state index in [0.29, 0.717) is 17.4 Å². The van der Waals surface area contributed by atoms with Gasteiger partial charge in [0.1, 0.15) is 11.4 Å². The highest BCUT2D eigenvalue weighted by Gasteiger charge is 2.30. The molecule has 1 atom stereocenters. The molecule has 1 aliphatic rings. The number of nitrogens with one attached hydrogen (secondary N) is 1. The number of rotatable bonds is 7. The Balaban J connectivity index is 1.71. The Hall–Kier alpha value is -3.36. The number of ether oxygens (including phenoxy) is 2. The van der Waals surface area contributed by atoms with Crippen molar-refractivity contribution < 1.29 is 24.0 Å². The van der Waals surface area contributed by atoms with Gasteiger partial charge in [0.25, 0.3) is 11.6 Å². The van der Waals surface area contributed by atoms with Crippen LogP contribution in [0.3, 0.4) is 0 Å². The number of methoxy groups -OCH3 is 1. The number of aromatic nitrogens is 1. The maximum absolute atomic E-state index is 12.6. The minimum absolute atomic E-state index is 0.00406. The number of nitro groups is 1. The molecule has 0 unspecified atom stereocenters. The third kappa shape index (κ3) is 4.23. The van der Waals surface area contributed by atoms with Crippen LogP contribution in [0.5, 0.6) is 5.75 Å². The van der Waals surface area contributed by atoms with Crippen molar-refractivity contribution in [3.63, 3.8) is 0 Å². The van der Waals surface area contributed by atoms with Crippen LogP contribution in [-0.2, 0) is 9.53 Å². The number of hydrogen-bond donors (Lipinski definition) is 1. The van der Waals surface area contributed by atoms with Gasteiger partial charge in [0, 0.05) is 17.4 Å². The molecule has 0 aliphatic heterocycles. The zero-order valence-corrected chi connectivity index (χ0v) is 16.7. The SMILES string of the molecule is COc1ccc(NC(=O)[C@H](C)OC(=O)c2cc(C)n(C3CC3)c2C)c([N+](=O)[O-])c1. The molecule has 0 bridgehead atoms. The molecule has 0 radical (unpaired) electrons. The Morgan fingerprint density at radius 2 is 1.97 bits per heavy atom. The predicted molar refractivity (Wildman–Crippen MR) is 105 cm³/mol. The van der Waals surface area contributed by atoms with E-state index in [1.807, 2.05) is 13.8 Å². The first-order valence-corrected chi connectivity index (χ1v) is 9.25. The summed E-state index contributed by atoms with van der Waals surface area (Å²) in [6, 6.07) is 6.25. The van der Waals surface area contributed by atoms with Gasteiger partial charge in [0.05, 0.1) is 23.7 Å². The van der Waals surface area contributed by atoms with Crippen molar-refractivity contribution in [3.05, 3.63) is 51.3 Å². The van der Waals surface area contributed by atoms with E-state index in [0.717, 1.165) is 24.2 Å². The fourth-order valence-corrected chi connectivity index (χ4v) is 3.29. The summed E-state index contributed by atoms with van der Waals surface area (Å²) in [7, 11) is 1.39. The number of anilines is 1. The van der Waals surface area contributed by atoms with E-state index in [9.17, 15) is 19.7 Å². The number of nitro benzene ring substituents is 1. The lowest BCUT2D eigenvalue weighted by molar-refractivity contribution is -0.384. The van der Waals surface area contributed by atoms with Crippen molar-refractivity contribution in [1.29, 1.82) is 0 Å². The molecule has 9 heteroatoms. The third-order valence-electron chi connectivity index (χ3n) is 4.93. The zero-order chi connectivity index (χ0) is 21.3. The first kappa shape index (κ1) is 20.4. The third-order valence-corrected chi connectivity index (χ3v) is 4.93. The molecule has 2 aromatic rings. The summed E-state index contributed by atoms with van der Waals surface area (Å²) in [6.45, 7) is 5.21. The Bertz CT molecular complexity index is 977. The van der Waals surface area contributed by atoms with Gasteiger partial charge in [-0.15, -0.1) is 0 Å². The first-order chi connectivity index (χ1) is 13.7. The number of amides is 1. The first-order valence-electron chi connectivity index (χ1n) is 9.25. The topological polar surface area (TPSA) is 113 Å². The Morgan fingerprint density at radius 3 is 2.55 bits per heavy atom. The van der Waals surface area contributed by atoms with Crippen LogP contribution < -0.4 is 10.1 Å². The van der Waals surface area contributed by atoms with E-state index in [1.54, 1.807) is 6.07 Å². The van der Waals surface area contributed by atoms with Crippen molar-refractivity contribution in [2.24, 2.45) is 0 Å². The second-order valence-corrected chi connectivity index (χ2v) is 7.06. The molecule has 3 rings (SSSR count). The summed E-state index contributed by atoms with van der Waals surface area (Å²) in [6.07, 6.45) is 1.04. The lowest BCUT2D eigenvalue weighted by Gasteiger charge is -2.14. The van der Waals surface area contributed by atoms with Crippen molar-refractivity contribution in [1.82, 2.24) is 4.57 Å². The number of carbonyl (C=O) groups excluding carboxylic acids is 2. The van der Waals surface area contributed by atoms with Gasteiger partial charge in [-0.1, -0.05) is 0 Å².